The molecule has 0 saturated carbocycles. The average Bonchev–Trinajstić information content (AvgIpc) is 3.06. The van der Waals surface area contributed by atoms with Crippen molar-refractivity contribution >= 4 is 16.6 Å². The largest absolute Gasteiger partial charge is 0.414 e. The molecule has 1 aliphatic rings. The summed E-state index contributed by atoms with van der Waals surface area (Å²) in [5, 5.41) is 1.29. The van der Waals surface area contributed by atoms with E-state index in [-0.39, 0.29) is 0 Å². The van der Waals surface area contributed by atoms with E-state index in [0.717, 1.165) is 31.6 Å². The number of hydrogen-bond acceptors (Lipinski definition) is 2. The Balaban J connectivity index is 1.53. The number of nitrogens with zero attached hydrogens (tertiary/aromatic N) is 2. The fourth-order valence-corrected chi connectivity index (χ4v) is 3.97. The SMILES string of the molecule is CCCOn1cc(N2CCC(c3ccc(C)cc3)CC2)c2ccccc21. The van der Waals surface area contributed by atoms with E-state index in [4.69, 9.17) is 4.84 Å². The van der Waals surface area contributed by atoms with E-state index in [2.05, 4.69) is 73.5 Å². The van der Waals surface area contributed by atoms with E-state index in [1.54, 1.807) is 0 Å². The van der Waals surface area contributed by atoms with E-state index < -0.39 is 0 Å². The molecule has 26 heavy (non-hydrogen) atoms. The third-order valence-corrected chi connectivity index (χ3v) is 5.48. The Labute approximate surface area is 156 Å². The Bertz CT molecular complexity index is 858. The number of hydrogen-bond donors (Lipinski definition) is 0. The summed E-state index contributed by atoms with van der Waals surface area (Å²) in [6, 6.07) is 17.6. The van der Waals surface area contributed by atoms with Crippen LogP contribution in [0.25, 0.3) is 10.9 Å². The first-order chi connectivity index (χ1) is 12.8. The van der Waals surface area contributed by atoms with Gasteiger partial charge in [-0.3, -0.25) is 0 Å². The summed E-state index contributed by atoms with van der Waals surface area (Å²) >= 11 is 0. The molecule has 0 aliphatic carbocycles. The lowest BCUT2D eigenvalue weighted by Crippen LogP contribution is -2.32. The Kier molecular flexibility index (Phi) is 4.87. The van der Waals surface area contributed by atoms with Crippen LogP contribution in [0.15, 0.2) is 54.7 Å². The summed E-state index contributed by atoms with van der Waals surface area (Å²) < 4.78 is 1.96. The van der Waals surface area contributed by atoms with Crippen molar-refractivity contribution in [1.82, 2.24) is 4.73 Å². The molecule has 0 amide bonds. The summed E-state index contributed by atoms with van der Waals surface area (Å²) in [4.78, 5) is 8.46. The van der Waals surface area contributed by atoms with Gasteiger partial charge in [-0.25, -0.2) is 0 Å². The standard InChI is InChI=1S/C23H28N2O/c1-3-16-26-25-17-23(21-6-4-5-7-22(21)25)24-14-12-20(13-15-24)19-10-8-18(2)9-11-19/h4-11,17,20H,3,12-16H2,1-2H3. The van der Waals surface area contributed by atoms with Gasteiger partial charge >= 0.3 is 0 Å². The maximum Gasteiger partial charge on any atom is 0.114 e. The van der Waals surface area contributed by atoms with Crippen LogP contribution < -0.4 is 9.74 Å². The van der Waals surface area contributed by atoms with E-state index in [1.807, 2.05) is 4.73 Å². The fraction of sp³-hybridized carbons (Fsp3) is 0.391. The zero-order valence-electron chi connectivity index (χ0n) is 15.8. The van der Waals surface area contributed by atoms with Crippen LogP contribution >= 0.6 is 0 Å². The van der Waals surface area contributed by atoms with Crippen LogP contribution in [0.2, 0.25) is 0 Å². The minimum Gasteiger partial charge on any atom is -0.414 e. The Morgan fingerprint density at radius 3 is 2.46 bits per heavy atom. The summed E-state index contributed by atoms with van der Waals surface area (Å²) in [5.41, 5.74) is 5.30. The molecule has 0 spiro atoms. The van der Waals surface area contributed by atoms with Gasteiger partial charge in [0.25, 0.3) is 0 Å². The number of aryl methyl sites for hydroxylation is 1. The van der Waals surface area contributed by atoms with Crippen molar-refractivity contribution in [2.75, 3.05) is 24.6 Å². The zero-order chi connectivity index (χ0) is 17.9. The molecule has 4 rings (SSSR count). The van der Waals surface area contributed by atoms with Gasteiger partial charge in [-0.2, -0.15) is 4.73 Å². The highest BCUT2D eigenvalue weighted by molar-refractivity contribution is 5.93. The normalized spacial score (nSPS) is 15.5. The van der Waals surface area contributed by atoms with Gasteiger partial charge in [-0.1, -0.05) is 55.0 Å². The van der Waals surface area contributed by atoms with Crippen molar-refractivity contribution in [3.63, 3.8) is 0 Å². The Morgan fingerprint density at radius 2 is 1.73 bits per heavy atom. The number of rotatable bonds is 5. The number of anilines is 1. The van der Waals surface area contributed by atoms with E-state index in [1.165, 1.54) is 35.0 Å². The van der Waals surface area contributed by atoms with Crippen molar-refractivity contribution in [2.45, 2.75) is 39.0 Å². The Morgan fingerprint density at radius 1 is 1.00 bits per heavy atom. The average molecular weight is 348 g/mol. The van der Waals surface area contributed by atoms with Gasteiger partial charge < -0.3 is 9.74 Å². The van der Waals surface area contributed by atoms with Gasteiger partial charge in [0.2, 0.25) is 0 Å². The van der Waals surface area contributed by atoms with E-state index in [9.17, 15) is 0 Å². The molecular weight excluding hydrogens is 320 g/mol. The highest BCUT2D eigenvalue weighted by Gasteiger charge is 2.23. The molecule has 1 aliphatic heterocycles. The van der Waals surface area contributed by atoms with E-state index in [0.29, 0.717) is 5.92 Å². The molecule has 3 nitrogen and oxygen atoms in total. The molecular formula is C23H28N2O. The molecule has 3 heteroatoms. The van der Waals surface area contributed by atoms with Crippen molar-refractivity contribution in [2.24, 2.45) is 0 Å². The van der Waals surface area contributed by atoms with Crippen LogP contribution in [-0.2, 0) is 0 Å². The first-order valence-corrected chi connectivity index (χ1v) is 9.81. The first kappa shape index (κ1) is 17.0. The third kappa shape index (κ3) is 3.31. The van der Waals surface area contributed by atoms with Crippen LogP contribution in [-0.4, -0.2) is 24.4 Å². The van der Waals surface area contributed by atoms with Gasteiger partial charge in [0.05, 0.1) is 17.4 Å². The molecule has 1 saturated heterocycles. The van der Waals surface area contributed by atoms with Crippen LogP contribution in [0.5, 0.6) is 0 Å². The number of piperidine rings is 1. The highest BCUT2D eigenvalue weighted by Crippen LogP contribution is 2.34. The van der Waals surface area contributed by atoms with Gasteiger partial charge in [0.1, 0.15) is 6.61 Å². The summed E-state index contributed by atoms with van der Waals surface area (Å²) in [7, 11) is 0. The summed E-state index contributed by atoms with van der Waals surface area (Å²) in [5.74, 6) is 0.677. The van der Waals surface area contributed by atoms with Gasteiger partial charge in [0, 0.05) is 18.5 Å². The third-order valence-electron chi connectivity index (χ3n) is 5.48. The lowest BCUT2D eigenvalue weighted by Gasteiger charge is -2.33. The highest BCUT2D eigenvalue weighted by atomic mass is 16.7. The van der Waals surface area contributed by atoms with Crippen molar-refractivity contribution in [3.8, 4) is 0 Å². The second kappa shape index (κ2) is 7.45. The van der Waals surface area contributed by atoms with Crippen LogP contribution in [0.3, 0.4) is 0 Å². The van der Waals surface area contributed by atoms with Crippen molar-refractivity contribution < 1.29 is 4.84 Å². The van der Waals surface area contributed by atoms with E-state index >= 15 is 0 Å². The molecule has 2 aromatic carbocycles. The maximum absolute atomic E-state index is 5.93. The number of benzene rings is 2. The minimum atomic E-state index is 0.677. The molecule has 0 bridgehead atoms. The lowest BCUT2D eigenvalue weighted by atomic mass is 9.89. The number of fused-ring (bicyclic) bond motifs is 1. The molecule has 3 aromatic rings. The van der Waals surface area contributed by atoms with Crippen LogP contribution in [0.4, 0.5) is 5.69 Å². The molecule has 136 valence electrons. The quantitative estimate of drug-likeness (QED) is 0.633. The van der Waals surface area contributed by atoms with Gasteiger partial charge in [0.15, 0.2) is 0 Å². The molecule has 0 atom stereocenters. The maximum atomic E-state index is 5.93. The molecule has 0 unspecified atom stereocenters. The fourth-order valence-electron chi connectivity index (χ4n) is 3.97. The van der Waals surface area contributed by atoms with Crippen molar-refractivity contribution in [1.29, 1.82) is 0 Å². The molecule has 0 N–H and O–H groups in total. The van der Waals surface area contributed by atoms with Crippen LogP contribution in [0, 0.1) is 6.92 Å². The predicted octanol–water partition coefficient (Wildman–Crippen LogP) is 5.17. The smallest absolute Gasteiger partial charge is 0.114 e. The molecule has 0 radical (unpaired) electrons. The molecule has 1 fully saturated rings. The Hall–Kier alpha value is -2.42. The predicted molar refractivity (Wildman–Crippen MR) is 109 cm³/mol. The molecule has 2 heterocycles. The minimum absolute atomic E-state index is 0.677. The van der Waals surface area contributed by atoms with Crippen molar-refractivity contribution in [3.05, 3.63) is 65.9 Å². The number of para-hydroxylation sites is 1. The van der Waals surface area contributed by atoms with Crippen LogP contribution in [0.1, 0.15) is 43.2 Å². The monoisotopic (exact) mass is 348 g/mol. The lowest BCUT2D eigenvalue weighted by molar-refractivity contribution is 0.121. The second-order valence-corrected chi connectivity index (χ2v) is 7.36. The van der Waals surface area contributed by atoms with Gasteiger partial charge in [-0.05, 0) is 43.7 Å². The topological polar surface area (TPSA) is 17.4 Å². The number of aromatic nitrogens is 1. The second-order valence-electron chi connectivity index (χ2n) is 7.36. The first-order valence-electron chi connectivity index (χ1n) is 9.81. The van der Waals surface area contributed by atoms with Gasteiger partial charge in [-0.15, -0.1) is 0 Å². The zero-order valence-corrected chi connectivity index (χ0v) is 15.8. The summed E-state index contributed by atoms with van der Waals surface area (Å²) in [6.45, 7) is 7.24. The summed E-state index contributed by atoms with van der Waals surface area (Å²) in [6.07, 6.45) is 5.60. The molecule has 1 aromatic heterocycles.